The van der Waals surface area contributed by atoms with E-state index in [0.29, 0.717) is 12.4 Å². The van der Waals surface area contributed by atoms with Crippen LogP contribution in [0.3, 0.4) is 0 Å². The summed E-state index contributed by atoms with van der Waals surface area (Å²) in [7, 11) is 0. The molecule has 2 rings (SSSR count). The number of carbonyl (C=O) groups excluding carboxylic acids is 1. The Morgan fingerprint density at radius 3 is 2.37 bits per heavy atom. The van der Waals surface area contributed by atoms with Gasteiger partial charge >= 0.3 is 0 Å². The van der Waals surface area contributed by atoms with Gasteiger partial charge in [-0.05, 0) is 30.0 Å². The minimum atomic E-state index is -0.0641. The van der Waals surface area contributed by atoms with E-state index in [4.69, 9.17) is 0 Å². The van der Waals surface area contributed by atoms with Crippen molar-refractivity contribution in [1.82, 2.24) is 9.97 Å². The molecule has 1 heterocycles. The van der Waals surface area contributed by atoms with Gasteiger partial charge in [0.2, 0.25) is 11.9 Å². The summed E-state index contributed by atoms with van der Waals surface area (Å²) in [4.78, 5) is 19.6. The van der Waals surface area contributed by atoms with Gasteiger partial charge in [0.1, 0.15) is 0 Å². The van der Waals surface area contributed by atoms with Crippen LogP contribution < -0.4 is 5.32 Å². The fourth-order valence-electron chi connectivity index (χ4n) is 1.75. The summed E-state index contributed by atoms with van der Waals surface area (Å²) in [6.45, 7) is 2.13. The number of carbonyl (C=O) groups is 1. The average molecular weight is 255 g/mol. The van der Waals surface area contributed by atoms with E-state index in [1.165, 1.54) is 11.1 Å². The number of amides is 1. The maximum absolute atomic E-state index is 11.7. The van der Waals surface area contributed by atoms with Gasteiger partial charge < -0.3 is 0 Å². The minimum absolute atomic E-state index is 0.0641. The number of anilines is 1. The summed E-state index contributed by atoms with van der Waals surface area (Å²) >= 11 is 0. The Balaban J connectivity index is 1.83. The van der Waals surface area contributed by atoms with Crippen molar-refractivity contribution in [3.63, 3.8) is 0 Å². The molecule has 0 atom stereocenters. The summed E-state index contributed by atoms with van der Waals surface area (Å²) in [6.07, 6.45) is 5.40. The molecular formula is C15H17N3O. The van der Waals surface area contributed by atoms with Gasteiger partial charge in [-0.25, -0.2) is 9.97 Å². The zero-order valence-corrected chi connectivity index (χ0v) is 11.0. The molecule has 98 valence electrons. The van der Waals surface area contributed by atoms with E-state index in [9.17, 15) is 4.79 Å². The lowest BCUT2D eigenvalue weighted by Crippen LogP contribution is -2.14. The fraction of sp³-hybridized carbons (Fsp3) is 0.267. The van der Waals surface area contributed by atoms with Gasteiger partial charge in [-0.3, -0.25) is 10.1 Å². The third-order valence-corrected chi connectivity index (χ3v) is 2.89. The zero-order valence-electron chi connectivity index (χ0n) is 11.0. The molecule has 0 aliphatic heterocycles. The standard InChI is InChI=1S/C15H17N3O/c1-2-12-4-6-13(7-5-12)8-9-14(19)18-15-16-10-3-11-17-15/h3-7,10-11H,2,8-9H2,1H3,(H,16,17,18,19). The van der Waals surface area contributed by atoms with Gasteiger partial charge in [0, 0.05) is 18.8 Å². The molecule has 0 saturated heterocycles. The monoisotopic (exact) mass is 255 g/mol. The van der Waals surface area contributed by atoms with Crippen LogP contribution in [0.5, 0.6) is 0 Å². The predicted octanol–water partition coefficient (Wildman–Crippen LogP) is 2.61. The van der Waals surface area contributed by atoms with Crippen molar-refractivity contribution < 1.29 is 4.79 Å². The highest BCUT2D eigenvalue weighted by Crippen LogP contribution is 2.08. The molecule has 4 nitrogen and oxygen atoms in total. The van der Waals surface area contributed by atoms with Gasteiger partial charge in [-0.15, -0.1) is 0 Å². The Hall–Kier alpha value is -2.23. The van der Waals surface area contributed by atoms with Crippen LogP contribution in [0.2, 0.25) is 0 Å². The molecule has 0 radical (unpaired) electrons. The highest BCUT2D eigenvalue weighted by Gasteiger charge is 2.04. The second kappa shape index (κ2) is 6.64. The zero-order chi connectivity index (χ0) is 13.5. The maximum atomic E-state index is 11.7. The Morgan fingerprint density at radius 1 is 1.11 bits per heavy atom. The van der Waals surface area contributed by atoms with Crippen LogP contribution in [0.15, 0.2) is 42.7 Å². The number of benzene rings is 1. The second-order valence-electron chi connectivity index (χ2n) is 4.29. The van der Waals surface area contributed by atoms with Crippen molar-refractivity contribution in [2.24, 2.45) is 0 Å². The van der Waals surface area contributed by atoms with Gasteiger partial charge in [-0.1, -0.05) is 31.2 Å². The SMILES string of the molecule is CCc1ccc(CCC(=O)Nc2ncccn2)cc1. The van der Waals surface area contributed by atoms with Crippen LogP contribution >= 0.6 is 0 Å². The Labute approximate surface area is 112 Å². The molecule has 19 heavy (non-hydrogen) atoms. The van der Waals surface area contributed by atoms with E-state index >= 15 is 0 Å². The Bertz CT molecular complexity index is 523. The van der Waals surface area contributed by atoms with Crippen LogP contribution in [-0.2, 0) is 17.6 Å². The molecule has 1 amide bonds. The Kier molecular flexibility index (Phi) is 4.61. The number of aromatic nitrogens is 2. The molecule has 1 N–H and O–H groups in total. The lowest BCUT2D eigenvalue weighted by molar-refractivity contribution is -0.116. The van der Waals surface area contributed by atoms with Crippen molar-refractivity contribution in [2.45, 2.75) is 26.2 Å². The number of rotatable bonds is 5. The second-order valence-corrected chi connectivity index (χ2v) is 4.29. The molecule has 2 aromatic rings. The van der Waals surface area contributed by atoms with Crippen molar-refractivity contribution in [2.75, 3.05) is 5.32 Å². The van der Waals surface area contributed by atoms with E-state index < -0.39 is 0 Å². The number of nitrogens with one attached hydrogen (secondary N) is 1. The van der Waals surface area contributed by atoms with E-state index in [2.05, 4.69) is 46.5 Å². The van der Waals surface area contributed by atoms with E-state index in [1.54, 1.807) is 18.5 Å². The van der Waals surface area contributed by atoms with Crippen molar-refractivity contribution in [1.29, 1.82) is 0 Å². The Morgan fingerprint density at radius 2 is 1.74 bits per heavy atom. The van der Waals surface area contributed by atoms with Crippen LogP contribution in [-0.4, -0.2) is 15.9 Å². The third-order valence-electron chi connectivity index (χ3n) is 2.89. The van der Waals surface area contributed by atoms with Crippen molar-refractivity contribution in [3.05, 3.63) is 53.9 Å². The largest absolute Gasteiger partial charge is 0.295 e. The first-order valence-electron chi connectivity index (χ1n) is 6.42. The quantitative estimate of drug-likeness (QED) is 0.893. The van der Waals surface area contributed by atoms with Gasteiger partial charge in [-0.2, -0.15) is 0 Å². The molecule has 0 fully saturated rings. The number of aryl methyl sites for hydroxylation is 2. The molecule has 0 aliphatic carbocycles. The van der Waals surface area contributed by atoms with Crippen molar-refractivity contribution in [3.8, 4) is 0 Å². The van der Waals surface area contributed by atoms with Crippen molar-refractivity contribution >= 4 is 11.9 Å². The molecule has 4 heteroatoms. The van der Waals surface area contributed by atoms with Crippen LogP contribution in [0, 0.1) is 0 Å². The lowest BCUT2D eigenvalue weighted by Gasteiger charge is -2.04. The molecular weight excluding hydrogens is 238 g/mol. The van der Waals surface area contributed by atoms with Crippen LogP contribution in [0.1, 0.15) is 24.5 Å². The fourth-order valence-corrected chi connectivity index (χ4v) is 1.75. The summed E-state index contributed by atoms with van der Waals surface area (Å²) in [5.74, 6) is 0.291. The molecule has 0 spiro atoms. The van der Waals surface area contributed by atoms with Gasteiger partial charge in [0.15, 0.2) is 0 Å². The molecule has 0 unspecified atom stereocenters. The highest BCUT2D eigenvalue weighted by atomic mass is 16.1. The molecule has 0 saturated carbocycles. The van der Waals surface area contributed by atoms with E-state index in [1.807, 2.05) is 0 Å². The predicted molar refractivity (Wildman–Crippen MR) is 74.8 cm³/mol. The molecule has 1 aromatic carbocycles. The number of nitrogens with zero attached hydrogens (tertiary/aromatic N) is 2. The lowest BCUT2D eigenvalue weighted by atomic mass is 10.1. The smallest absolute Gasteiger partial charge is 0.229 e. The first-order valence-corrected chi connectivity index (χ1v) is 6.42. The van der Waals surface area contributed by atoms with Gasteiger partial charge in [0.05, 0.1) is 0 Å². The molecule has 1 aromatic heterocycles. The summed E-state index contributed by atoms with van der Waals surface area (Å²) < 4.78 is 0. The van der Waals surface area contributed by atoms with E-state index in [-0.39, 0.29) is 5.91 Å². The average Bonchev–Trinajstić information content (AvgIpc) is 2.47. The topological polar surface area (TPSA) is 54.9 Å². The summed E-state index contributed by atoms with van der Waals surface area (Å²) in [5.41, 5.74) is 2.48. The number of hydrogen-bond donors (Lipinski definition) is 1. The molecule has 0 bridgehead atoms. The van der Waals surface area contributed by atoms with Gasteiger partial charge in [0.25, 0.3) is 0 Å². The third kappa shape index (κ3) is 4.17. The number of hydrogen-bond acceptors (Lipinski definition) is 3. The highest BCUT2D eigenvalue weighted by molar-refractivity contribution is 5.88. The van der Waals surface area contributed by atoms with E-state index in [0.717, 1.165) is 12.8 Å². The summed E-state index contributed by atoms with van der Waals surface area (Å²) in [6, 6.07) is 10.1. The maximum Gasteiger partial charge on any atom is 0.229 e. The summed E-state index contributed by atoms with van der Waals surface area (Å²) in [5, 5.41) is 2.67. The van der Waals surface area contributed by atoms with Crippen LogP contribution in [0.25, 0.3) is 0 Å². The first kappa shape index (κ1) is 13.2. The van der Waals surface area contributed by atoms with Crippen LogP contribution in [0.4, 0.5) is 5.95 Å². The normalized spacial score (nSPS) is 10.2. The molecule has 0 aliphatic rings. The first-order chi connectivity index (χ1) is 9.28. The minimum Gasteiger partial charge on any atom is -0.295 e.